The van der Waals surface area contributed by atoms with Gasteiger partial charge in [-0.15, -0.1) is 0 Å². The summed E-state index contributed by atoms with van der Waals surface area (Å²) in [5, 5.41) is 6.91. The number of aromatic nitrogens is 2. The molecular weight excluding hydrogens is 330 g/mol. The summed E-state index contributed by atoms with van der Waals surface area (Å²) in [6, 6.07) is 12.8. The smallest absolute Gasteiger partial charge is 0.249 e. The molecule has 0 saturated carbocycles. The van der Waals surface area contributed by atoms with Crippen LogP contribution in [0.1, 0.15) is 37.8 Å². The van der Waals surface area contributed by atoms with Crippen LogP contribution in [-0.2, 0) is 4.79 Å². The topological polar surface area (TPSA) is 81.2 Å². The van der Waals surface area contributed by atoms with Crippen molar-refractivity contribution in [1.29, 1.82) is 0 Å². The van der Waals surface area contributed by atoms with Gasteiger partial charge < -0.3 is 14.3 Å². The minimum Gasteiger partial charge on any atom is -0.461 e. The monoisotopic (exact) mass is 351 g/mol. The summed E-state index contributed by atoms with van der Waals surface area (Å²) in [5.41, 5.74) is 0.959. The number of hydrogen-bond donors (Lipinski definition) is 1. The number of nitrogens with zero attached hydrogens (tertiary/aromatic N) is 2. The lowest BCUT2D eigenvalue weighted by molar-refractivity contribution is -0.117. The summed E-state index contributed by atoms with van der Waals surface area (Å²) in [4.78, 5) is 16.7. The lowest BCUT2D eigenvalue weighted by Gasteiger charge is -2.19. The standard InChI is InChI=1S/C20H21N3O3/c1-3-14(2)18(20-22-19(23-26-20)16-10-7-13-25-16)21-17(24)12-11-15-8-5-4-6-9-15/h4-14,18H,3H2,1-2H3,(H,21,24)/b12-11+/t14-,18-/m1/s1. The lowest BCUT2D eigenvalue weighted by Crippen LogP contribution is -2.31. The highest BCUT2D eigenvalue weighted by atomic mass is 16.5. The molecule has 0 spiro atoms. The Bertz CT molecular complexity index is 854. The van der Waals surface area contributed by atoms with Gasteiger partial charge in [-0.25, -0.2) is 0 Å². The quantitative estimate of drug-likeness (QED) is 0.644. The molecule has 0 aliphatic heterocycles. The molecule has 0 fully saturated rings. The number of hydrogen-bond acceptors (Lipinski definition) is 5. The summed E-state index contributed by atoms with van der Waals surface area (Å²) in [6.45, 7) is 4.08. The van der Waals surface area contributed by atoms with Gasteiger partial charge >= 0.3 is 0 Å². The number of amides is 1. The first kappa shape index (κ1) is 17.7. The molecule has 6 nitrogen and oxygen atoms in total. The number of rotatable bonds is 7. The van der Waals surface area contributed by atoms with Crippen LogP contribution in [0.2, 0.25) is 0 Å². The molecule has 1 amide bonds. The largest absolute Gasteiger partial charge is 0.461 e. The average molecular weight is 351 g/mol. The third kappa shape index (κ3) is 4.27. The van der Waals surface area contributed by atoms with E-state index in [1.54, 1.807) is 24.5 Å². The van der Waals surface area contributed by atoms with Crippen molar-refractivity contribution in [2.45, 2.75) is 26.3 Å². The number of carbonyl (C=O) groups excluding carboxylic acids is 1. The first-order valence-electron chi connectivity index (χ1n) is 8.58. The average Bonchev–Trinajstić information content (AvgIpc) is 3.36. The molecule has 0 aliphatic rings. The SMILES string of the molecule is CC[C@@H](C)[C@@H](NC(=O)/C=C/c1ccccc1)c1nc(-c2ccco2)no1. The minimum absolute atomic E-state index is 0.133. The van der Waals surface area contributed by atoms with E-state index in [0.717, 1.165) is 12.0 Å². The summed E-state index contributed by atoms with van der Waals surface area (Å²) in [5.74, 6) is 1.18. The Kier molecular flexibility index (Phi) is 5.63. The Hall–Kier alpha value is -3.15. The van der Waals surface area contributed by atoms with E-state index in [-0.39, 0.29) is 17.9 Å². The van der Waals surface area contributed by atoms with E-state index < -0.39 is 0 Å². The van der Waals surface area contributed by atoms with Crippen LogP contribution >= 0.6 is 0 Å². The van der Waals surface area contributed by atoms with Crippen molar-refractivity contribution >= 4 is 12.0 Å². The van der Waals surface area contributed by atoms with Crippen LogP contribution in [-0.4, -0.2) is 16.0 Å². The molecule has 3 aromatic rings. The summed E-state index contributed by atoms with van der Waals surface area (Å²) in [6.07, 6.45) is 5.68. The van der Waals surface area contributed by atoms with Gasteiger partial charge in [-0.05, 0) is 29.7 Å². The summed E-state index contributed by atoms with van der Waals surface area (Å²) in [7, 11) is 0. The first-order valence-corrected chi connectivity index (χ1v) is 8.58. The molecular formula is C20H21N3O3. The van der Waals surface area contributed by atoms with Gasteiger partial charge in [0.05, 0.1) is 6.26 Å². The third-order valence-corrected chi connectivity index (χ3v) is 4.19. The number of benzene rings is 1. The zero-order valence-corrected chi connectivity index (χ0v) is 14.8. The van der Waals surface area contributed by atoms with Gasteiger partial charge in [0, 0.05) is 6.08 Å². The van der Waals surface area contributed by atoms with Crippen molar-refractivity contribution in [3.05, 3.63) is 66.3 Å². The fraction of sp³-hybridized carbons (Fsp3) is 0.250. The van der Waals surface area contributed by atoms with E-state index in [9.17, 15) is 4.79 Å². The second-order valence-corrected chi connectivity index (χ2v) is 6.05. The Morgan fingerprint density at radius 2 is 2.04 bits per heavy atom. The number of carbonyl (C=O) groups is 1. The second-order valence-electron chi connectivity index (χ2n) is 6.05. The fourth-order valence-corrected chi connectivity index (χ4v) is 2.49. The molecule has 0 radical (unpaired) electrons. The summed E-state index contributed by atoms with van der Waals surface area (Å²) < 4.78 is 10.7. The van der Waals surface area contributed by atoms with Crippen LogP contribution in [0.4, 0.5) is 0 Å². The van der Waals surface area contributed by atoms with Crippen LogP contribution < -0.4 is 5.32 Å². The van der Waals surface area contributed by atoms with Gasteiger partial charge in [-0.3, -0.25) is 4.79 Å². The maximum atomic E-state index is 12.3. The van der Waals surface area contributed by atoms with Crippen molar-refractivity contribution in [2.24, 2.45) is 5.92 Å². The van der Waals surface area contributed by atoms with Gasteiger partial charge in [-0.1, -0.05) is 55.8 Å². The van der Waals surface area contributed by atoms with Crippen LogP contribution in [0.3, 0.4) is 0 Å². The fourth-order valence-electron chi connectivity index (χ4n) is 2.49. The molecule has 6 heteroatoms. The molecule has 26 heavy (non-hydrogen) atoms. The van der Waals surface area contributed by atoms with E-state index in [2.05, 4.69) is 15.5 Å². The molecule has 0 aliphatic carbocycles. The van der Waals surface area contributed by atoms with Gasteiger partial charge in [0.15, 0.2) is 5.76 Å². The molecule has 1 N–H and O–H groups in total. The van der Waals surface area contributed by atoms with Crippen molar-refractivity contribution in [3.63, 3.8) is 0 Å². The predicted molar refractivity (Wildman–Crippen MR) is 97.8 cm³/mol. The van der Waals surface area contributed by atoms with E-state index >= 15 is 0 Å². The molecule has 134 valence electrons. The molecule has 0 bridgehead atoms. The van der Waals surface area contributed by atoms with E-state index in [1.807, 2.05) is 44.2 Å². The highest BCUT2D eigenvalue weighted by molar-refractivity contribution is 5.91. The van der Waals surface area contributed by atoms with Crippen molar-refractivity contribution < 1.29 is 13.7 Å². The van der Waals surface area contributed by atoms with Crippen LogP contribution in [0.15, 0.2) is 63.7 Å². The zero-order chi connectivity index (χ0) is 18.4. The lowest BCUT2D eigenvalue weighted by atomic mass is 9.99. The maximum Gasteiger partial charge on any atom is 0.249 e. The highest BCUT2D eigenvalue weighted by Crippen LogP contribution is 2.25. The normalized spacial score (nSPS) is 13.6. The number of nitrogens with one attached hydrogen (secondary N) is 1. The van der Waals surface area contributed by atoms with Crippen molar-refractivity contribution in [2.75, 3.05) is 0 Å². The molecule has 3 rings (SSSR count). The molecule has 0 saturated heterocycles. The minimum atomic E-state index is -0.371. The van der Waals surface area contributed by atoms with Crippen molar-refractivity contribution in [1.82, 2.24) is 15.5 Å². The molecule has 2 heterocycles. The predicted octanol–water partition coefficient (Wildman–Crippen LogP) is 4.25. The Morgan fingerprint density at radius 3 is 2.73 bits per heavy atom. The van der Waals surface area contributed by atoms with Crippen LogP contribution in [0.25, 0.3) is 17.7 Å². The van der Waals surface area contributed by atoms with Gasteiger partial charge in [-0.2, -0.15) is 4.98 Å². The molecule has 1 aromatic carbocycles. The van der Waals surface area contributed by atoms with Crippen LogP contribution in [0.5, 0.6) is 0 Å². The van der Waals surface area contributed by atoms with Crippen molar-refractivity contribution in [3.8, 4) is 11.6 Å². The molecule has 2 atom stereocenters. The third-order valence-electron chi connectivity index (χ3n) is 4.19. The Labute approximate surface area is 151 Å². The molecule has 2 aromatic heterocycles. The second kappa shape index (κ2) is 8.29. The van der Waals surface area contributed by atoms with Crippen LogP contribution in [0, 0.1) is 5.92 Å². The summed E-state index contributed by atoms with van der Waals surface area (Å²) >= 11 is 0. The van der Waals surface area contributed by atoms with E-state index in [1.165, 1.54) is 6.08 Å². The van der Waals surface area contributed by atoms with Gasteiger partial charge in [0.25, 0.3) is 0 Å². The Balaban J connectivity index is 1.74. The first-order chi connectivity index (χ1) is 12.7. The Morgan fingerprint density at radius 1 is 1.23 bits per heavy atom. The maximum absolute atomic E-state index is 12.3. The highest BCUT2D eigenvalue weighted by Gasteiger charge is 2.26. The van der Waals surface area contributed by atoms with E-state index in [4.69, 9.17) is 8.94 Å². The number of furan rings is 1. The molecule has 0 unspecified atom stereocenters. The van der Waals surface area contributed by atoms with Gasteiger partial charge in [0.1, 0.15) is 6.04 Å². The van der Waals surface area contributed by atoms with Gasteiger partial charge in [0.2, 0.25) is 17.6 Å². The van der Waals surface area contributed by atoms with E-state index in [0.29, 0.717) is 17.5 Å². The zero-order valence-electron chi connectivity index (χ0n) is 14.8.